The zero-order valence-electron chi connectivity index (χ0n) is 11.0. The summed E-state index contributed by atoms with van der Waals surface area (Å²) in [6.45, 7) is 0. The van der Waals surface area contributed by atoms with E-state index in [4.69, 9.17) is 4.84 Å². The van der Waals surface area contributed by atoms with Gasteiger partial charge in [-0.25, -0.2) is 14.3 Å². The number of hydrogen-bond acceptors (Lipinski definition) is 3. The Morgan fingerprint density at radius 3 is 2.75 bits per heavy atom. The molecule has 110 valence electrons. The average Bonchev–Trinajstić information content (AvgIpc) is 2.94. The summed E-state index contributed by atoms with van der Waals surface area (Å²) in [6, 6.07) is 3.71. The lowest BCUT2D eigenvalue weighted by molar-refractivity contribution is -0.137. The van der Waals surface area contributed by atoms with Crippen LogP contribution in [0.5, 0.6) is 0 Å². The topological polar surface area (TPSA) is 38.3 Å². The van der Waals surface area contributed by atoms with Gasteiger partial charge in [0, 0.05) is 17.1 Å². The fourth-order valence-corrected chi connectivity index (χ4v) is 2.91. The van der Waals surface area contributed by atoms with Crippen LogP contribution in [0, 0.1) is 11.6 Å². The third-order valence-corrected chi connectivity index (χ3v) is 4.13. The van der Waals surface area contributed by atoms with Crippen LogP contribution in [0.25, 0.3) is 0 Å². The molecule has 0 bridgehead atoms. The lowest BCUT2D eigenvalue weighted by Crippen LogP contribution is -2.28. The van der Waals surface area contributed by atoms with Gasteiger partial charge in [0.05, 0.1) is 6.10 Å². The Morgan fingerprint density at radius 1 is 1.30 bits per heavy atom. The van der Waals surface area contributed by atoms with Gasteiger partial charge in [-0.05, 0) is 31.0 Å². The molecule has 0 spiro atoms. The molecule has 2 rings (SSSR count). The van der Waals surface area contributed by atoms with Crippen LogP contribution in [-0.2, 0) is 9.63 Å². The van der Waals surface area contributed by atoms with Gasteiger partial charge in [0.25, 0.3) is 0 Å². The maximum atomic E-state index is 13.0. The van der Waals surface area contributed by atoms with Crippen molar-refractivity contribution in [1.29, 1.82) is 0 Å². The van der Waals surface area contributed by atoms with Crippen molar-refractivity contribution in [1.82, 2.24) is 5.48 Å². The molecule has 1 aliphatic rings. The third kappa shape index (κ3) is 4.76. The zero-order valence-corrected chi connectivity index (χ0v) is 11.8. The highest BCUT2D eigenvalue weighted by molar-refractivity contribution is 7.99. The largest absolute Gasteiger partial charge is 0.273 e. The molecule has 1 amide bonds. The lowest BCUT2D eigenvalue weighted by atomic mass is 10.3. The first-order valence-corrected chi connectivity index (χ1v) is 7.66. The second-order valence-electron chi connectivity index (χ2n) is 4.72. The predicted molar refractivity (Wildman–Crippen MR) is 73.2 cm³/mol. The van der Waals surface area contributed by atoms with Crippen molar-refractivity contribution in [3.05, 3.63) is 29.8 Å². The second kappa shape index (κ2) is 7.59. The van der Waals surface area contributed by atoms with E-state index in [1.807, 2.05) is 0 Å². The van der Waals surface area contributed by atoms with Gasteiger partial charge in [0.2, 0.25) is 5.91 Å². The van der Waals surface area contributed by atoms with Crippen molar-refractivity contribution >= 4 is 17.7 Å². The smallest absolute Gasteiger partial charge is 0.244 e. The van der Waals surface area contributed by atoms with Gasteiger partial charge in [-0.1, -0.05) is 12.8 Å². The highest BCUT2D eigenvalue weighted by Crippen LogP contribution is 2.21. The molecule has 0 aromatic heterocycles. The third-order valence-electron chi connectivity index (χ3n) is 3.13. The highest BCUT2D eigenvalue weighted by Gasteiger charge is 2.16. The Bertz CT molecular complexity index is 464. The monoisotopic (exact) mass is 301 g/mol. The second-order valence-corrected chi connectivity index (χ2v) is 5.89. The van der Waals surface area contributed by atoms with E-state index in [9.17, 15) is 13.6 Å². The van der Waals surface area contributed by atoms with Gasteiger partial charge < -0.3 is 0 Å². The number of hydroxylamine groups is 1. The minimum Gasteiger partial charge on any atom is -0.273 e. The molecule has 1 saturated carbocycles. The number of thioether (sulfide) groups is 1. The molecule has 0 saturated heterocycles. The maximum Gasteiger partial charge on any atom is 0.244 e. The highest BCUT2D eigenvalue weighted by atomic mass is 32.2. The van der Waals surface area contributed by atoms with Crippen molar-refractivity contribution in [3.63, 3.8) is 0 Å². The van der Waals surface area contributed by atoms with E-state index in [0.29, 0.717) is 10.6 Å². The number of carbonyl (C=O) groups is 1. The molecule has 3 nitrogen and oxygen atoms in total. The molecule has 1 aromatic carbocycles. The summed E-state index contributed by atoms with van der Waals surface area (Å²) < 4.78 is 25.7. The van der Waals surface area contributed by atoms with Crippen LogP contribution in [0.1, 0.15) is 32.1 Å². The summed E-state index contributed by atoms with van der Waals surface area (Å²) >= 11 is 1.31. The molecule has 1 fully saturated rings. The number of rotatable bonds is 6. The summed E-state index contributed by atoms with van der Waals surface area (Å²) in [4.78, 5) is 17.4. The SMILES string of the molecule is O=C(CCSc1ccc(F)c(F)c1)NOC1CCCC1. The fourth-order valence-electron chi connectivity index (χ4n) is 2.03. The summed E-state index contributed by atoms with van der Waals surface area (Å²) in [5, 5.41) is 0. The summed E-state index contributed by atoms with van der Waals surface area (Å²) in [5.41, 5.74) is 2.45. The Labute approximate surface area is 121 Å². The number of hydrogen-bond donors (Lipinski definition) is 1. The van der Waals surface area contributed by atoms with E-state index in [-0.39, 0.29) is 18.4 Å². The number of carbonyl (C=O) groups excluding carboxylic acids is 1. The van der Waals surface area contributed by atoms with Crippen molar-refractivity contribution in [2.45, 2.75) is 43.1 Å². The number of benzene rings is 1. The van der Waals surface area contributed by atoms with E-state index in [1.165, 1.54) is 17.8 Å². The summed E-state index contributed by atoms with van der Waals surface area (Å²) in [7, 11) is 0. The minimum absolute atomic E-state index is 0.137. The van der Waals surface area contributed by atoms with Gasteiger partial charge in [0.1, 0.15) is 0 Å². The molecular weight excluding hydrogens is 284 g/mol. The van der Waals surface area contributed by atoms with E-state index < -0.39 is 11.6 Å². The molecular formula is C14H17F2NO2S. The molecule has 0 unspecified atom stereocenters. The molecule has 1 N–H and O–H groups in total. The molecule has 1 aliphatic carbocycles. The summed E-state index contributed by atoms with van der Waals surface area (Å²) in [6.07, 6.45) is 4.68. The minimum atomic E-state index is -0.871. The van der Waals surface area contributed by atoms with Crippen LogP contribution >= 0.6 is 11.8 Å². The molecule has 0 atom stereocenters. The Kier molecular flexibility index (Phi) is 5.79. The quantitative estimate of drug-likeness (QED) is 0.646. The number of amides is 1. The normalized spacial score (nSPS) is 15.5. The molecule has 1 aromatic rings. The first-order valence-electron chi connectivity index (χ1n) is 6.67. The van der Waals surface area contributed by atoms with Gasteiger partial charge in [-0.15, -0.1) is 11.8 Å². The first kappa shape index (κ1) is 15.3. The van der Waals surface area contributed by atoms with Gasteiger partial charge in [-0.2, -0.15) is 0 Å². The van der Waals surface area contributed by atoms with Crippen molar-refractivity contribution in [2.24, 2.45) is 0 Å². The van der Waals surface area contributed by atoms with Crippen LogP contribution in [0.15, 0.2) is 23.1 Å². The average molecular weight is 301 g/mol. The van der Waals surface area contributed by atoms with Crippen molar-refractivity contribution < 1.29 is 18.4 Å². The van der Waals surface area contributed by atoms with E-state index in [1.54, 1.807) is 0 Å². The first-order chi connectivity index (χ1) is 9.65. The Hall–Kier alpha value is -1.14. The van der Waals surface area contributed by atoms with Crippen LogP contribution in [-0.4, -0.2) is 17.8 Å². The molecule has 0 aliphatic heterocycles. The van der Waals surface area contributed by atoms with Crippen LogP contribution < -0.4 is 5.48 Å². The summed E-state index contributed by atoms with van der Waals surface area (Å²) in [5.74, 6) is -1.43. The van der Waals surface area contributed by atoms with Gasteiger partial charge in [-0.3, -0.25) is 9.63 Å². The van der Waals surface area contributed by atoms with Crippen LogP contribution in [0.3, 0.4) is 0 Å². The van der Waals surface area contributed by atoms with Gasteiger partial charge in [0.15, 0.2) is 11.6 Å². The van der Waals surface area contributed by atoms with E-state index in [0.717, 1.165) is 37.8 Å². The van der Waals surface area contributed by atoms with E-state index >= 15 is 0 Å². The molecule has 0 radical (unpaired) electrons. The number of halogens is 2. The lowest BCUT2D eigenvalue weighted by Gasteiger charge is -2.11. The molecule has 0 heterocycles. The standard InChI is InChI=1S/C14H17F2NO2S/c15-12-6-5-11(9-13(12)16)20-8-7-14(18)17-19-10-3-1-2-4-10/h5-6,9-10H,1-4,7-8H2,(H,17,18). The predicted octanol–water partition coefficient (Wildman–Crippen LogP) is 3.44. The Morgan fingerprint density at radius 2 is 2.05 bits per heavy atom. The van der Waals surface area contributed by atoms with Crippen molar-refractivity contribution in [2.75, 3.05) is 5.75 Å². The number of nitrogens with one attached hydrogen (secondary N) is 1. The van der Waals surface area contributed by atoms with E-state index in [2.05, 4.69) is 5.48 Å². The molecule has 20 heavy (non-hydrogen) atoms. The Balaban J connectivity index is 1.64. The fraction of sp³-hybridized carbons (Fsp3) is 0.500. The zero-order chi connectivity index (χ0) is 14.4. The molecule has 6 heteroatoms. The maximum absolute atomic E-state index is 13.0. The van der Waals surface area contributed by atoms with Crippen molar-refractivity contribution in [3.8, 4) is 0 Å². The van der Waals surface area contributed by atoms with Crippen LogP contribution in [0.4, 0.5) is 8.78 Å². The van der Waals surface area contributed by atoms with Gasteiger partial charge >= 0.3 is 0 Å². The van der Waals surface area contributed by atoms with Crippen LogP contribution in [0.2, 0.25) is 0 Å².